The topological polar surface area (TPSA) is 114 Å². The second kappa shape index (κ2) is 15.2. The Kier molecular flexibility index (Phi) is 8.99. The maximum absolute atomic E-state index is 7.37. The van der Waals surface area contributed by atoms with Crippen LogP contribution in [0.4, 0.5) is 17.1 Å². The van der Waals surface area contributed by atoms with Gasteiger partial charge in [-0.2, -0.15) is 45.0 Å². The molecule has 0 saturated carbocycles. The highest BCUT2D eigenvalue weighted by molar-refractivity contribution is 6.36. The molecule has 11 aromatic rings. The zero-order chi connectivity index (χ0) is 44.2. The highest BCUT2D eigenvalue weighted by atomic mass is 35.5. The first-order valence-corrected chi connectivity index (χ1v) is 22.8. The average molecular weight is 887 g/mol. The molecule has 2 saturated heterocycles. The van der Waals surface area contributed by atoms with E-state index in [0.717, 1.165) is 107 Å². The SMILES string of the molecule is Cn1nc2c(-c3c4ccccc4cc4ccccc34)ccc(N(c3cc(C4CCOC4)c(Cl)c4nn(C)nc34)c3cc(C4CCOC4)c(-c4ccc5ccccc5c4)c4nn(C)nc34)c2n1. The van der Waals surface area contributed by atoms with Crippen LogP contribution in [0.3, 0.4) is 0 Å². The first-order chi connectivity index (χ1) is 32.4. The number of aryl methyl sites for hydroxylation is 3. The summed E-state index contributed by atoms with van der Waals surface area (Å²) in [7, 11) is 5.62. The predicted molar refractivity (Wildman–Crippen MR) is 262 cm³/mol. The fourth-order valence-electron chi connectivity index (χ4n) is 10.6. The third kappa shape index (κ3) is 6.12. The van der Waals surface area contributed by atoms with Crippen LogP contribution in [0.15, 0.2) is 121 Å². The van der Waals surface area contributed by atoms with E-state index in [9.17, 15) is 0 Å². The number of rotatable bonds is 7. The van der Waals surface area contributed by atoms with Gasteiger partial charge < -0.3 is 14.4 Å². The molecule has 2 fully saturated rings. The van der Waals surface area contributed by atoms with Crippen molar-refractivity contribution in [2.75, 3.05) is 31.3 Å². The van der Waals surface area contributed by atoms with E-state index in [-0.39, 0.29) is 11.8 Å². The van der Waals surface area contributed by atoms with E-state index in [1.807, 2.05) is 21.1 Å². The molecule has 0 aliphatic carbocycles. The Morgan fingerprint density at radius 1 is 0.485 bits per heavy atom. The first-order valence-electron chi connectivity index (χ1n) is 22.5. The molecule has 5 heterocycles. The molecule has 2 aliphatic heterocycles. The van der Waals surface area contributed by atoms with Crippen molar-refractivity contribution in [2.24, 2.45) is 21.1 Å². The van der Waals surface area contributed by atoms with Gasteiger partial charge in [-0.05, 0) is 104 Å². The first kappa shape index (κ1) is 39.1. The number of benzene rings is 8. The van der Waals surface area contributed by atoms with Crippen molar-refractivity contribution in [3.8, 4) is 22.3 Å². The number of hydrogen-bond acceptors (Lipinski definition) is 9. The van der Waals surface area contributed by atoms with Crippen LogP contribution < -0.4 is 4.90 Å². The molecule has 12 nitrogen and oxygen atoms in total. The van der Waals surface area contributed by atoms with E-state index in [0.29, 0.717) is 48.0 Å². The number of hydrogen-bond donors (Lipinski definition) is 0. The monoisotopic (exact) mass is 886 g/mol. The summed E-state index contributed by atoms with van der Waals surface area (Å²) in [6.45, 7) is 2.49. The van der Waals surface area contributed by atoms with Crippen molar-refractivity contribution in [2.45, 2.75) is 24.7 Å². The van der Waals surface area contributed by atoms with Gasteiger partial charge in [-0.3, -0.25) is 0 Å². The van der Waals surface area contributed by atoms with Crippen molar-refractivity contribution >= 4 is 94.1 Å². The van der Waals surface area contributed by atoms with Gasteiger partial charge in [0, 0.05) is 57.3 Å². The van der Waals surface area contributed by atoms with Crippen LogP contribution >= 0.6 is 11.6 Å². The maximum Gasteiger partial charge on any atom is 0.138 e. The summed E-state index contributed by atoms with van der Waals surface area (Å²) in [6.07, 6.45) is 1.71. The molecule has 66 heavy (non-hydrogen) atoms. The molecule has 0 amide bonds. The summed E-state index contributed by atoms with van der Waals surface area (Å²) in [5.41, 5.74) is 13.0. The summed E-state index contributed by atoms with van der Waals surface area (Å²) in [5, 5.41) is 38.3. The number of halogens is 1. The van der Waals surface area contributed by atoms with E-state index >= 15 is 0 Å². The Balaban J connectivity index is 1.15. The molecule has 13 heteroatoms. The molecule has 2 atom stereocenters. The maximum atomic E-state index is 7.37. The van der Waals surface area contributed by atoms with Gasteiger partial charge >= 0.3 is 0 Å². The summed E-state index contributed by atoms with van der Waals surface area (Å²) in [5.74, 6) is 0.172. The highest BCUT2D eigenvalue weighted by Crippen LogP contribution is 2.51. The standard InChI is InChI=1S/C53H43ClN10O2/c1-61-55-48-39(46-37-14-8-6-12-32(37)25-33-13-7-9-15-38(33)46)18-19-42(49(48)56-61)64(44-27-41(36-21-23-66-29-36)47(54)53-51(44)58-63(3)60-53)43-26-40(35-20-22-65-28-35)45(52-50(43)57-62(2)59-52)34-17-16-30-10-4-5-11-31(30)24-34/h4-19,24-27,35-36H,20-23,28-29H2,1-3H3. The van der Waals surface area contributed by atoms with Crippen LogP contribution in [0.25, 0.3) is 87.7 Å². The number of anilines is 3. The van der Waals surface area contributed by atoms with Gasteiger partial charge in [0.15, 0.2) is 0 Å². The van der Waals surface area contributed by atoms with Gasteiger partial charge in [0.05, 0.1) is 35.3 Å². The minimum atomic E-state index is 0.0704. The molecule has 0 N–H and O–H groups in total. The average Bonchev–Trinajstić information content (AvgIpc) is 4.20. The van der Waals surface area contributed by atoms with Crippen LogP contribution in [-0.4, -0.2) is 71.4 Å². The Labute approximate surface area is 383 Å². The summed E-state index contributed by atoms with van der Waals surface area (Å²) in [6, 6.07) is 43.4. The molecule has 0 spiro atoms. The van der Waals surface area contributed by atoms with Gasteiger partial charge in [0.25, 0.3) is 0 Å². The molecule has 3 aromatic heterocycles. The smallest absolute Gasteiger partial charge is 0.138 e. The Bertz CT molecular complexity index is 3710. The van der Waals surface area contributed by atoms with E-state index in [1.165, 1.54) is 5.39 Å². The van der Waals surface area contributed by atoms with E-state index in [2.05, 4.69) is 126 Å². The predicted octanol–water partition coefficient (Wildman–Crippen LogP) is 11.5. The lowest BCUT2D eigenvalue weighted by Crippen LogP contribution is -2.15. The van der Waals surface area contributed by atoms with Gasteiger partial charge in [0.2, 0.25) is 0 Å². The molecule has 0 radical (unpaired) electrons. The van der Waals surface area contributed by atoms with E-state index in [4.69, 9.17) is 51.7 Å². The molecular weight excluding hydrogens is 844 g/mol. The van der Waals surface area contributed by atoms with Crippen LogP contribution in [0.5, 0.6) is 0 Å². The van der Waals surface area contributed by atoms with Crippen molar-refractivity contribution in [1.82, 2.24) is 45.0 Å². The quantitative estimate of drug-likeness (QED) is 0.144. The lowest BCUT2D eigenvalue weighted by Gasteiger charge is -2.29. The molecule has 2 unspecified atom stereocenters. The van der Waals surface area contributed by atoms with Crippen LogP contribution in [0.1, 0.15) is 35.8 Å². The number of fused-ring (bicyclic) bond motifs is 6. The summed E-state index contributed by atoms with van der Waals surface area (Å²) < 4.78 is 12.1. The van der Waals surface area contributed by atoms with Crippen LogP contribution in [0, 0.1) is 0 Å². The van der Waals surface area contributed by atoms with Gasteiger partial charge in [-0.15, -0.1) is 0 Å². The fraction of sp³-hybridized carbons (Fsp3) is 0.208. The van der Waals surface area contributed by atoms with Gasteiger partial charge in [-0.1, -0.05) is 96.5 Å². The normalized spacial score (nSPS) is 16.6. The zero-order valence-electron chi connectivity index (χ0n) is 36.6. The fourth-order valence-corrected chi connectivity index (χ4v) is 11.0. The van der Waals surface area contributed by atoms with Crippen LogP contribution in [-0.2, 0) is 30.6 Å². The van der Waals surface area contributed by atoms with E-state index < -0.39 is 0 Å². The third-order valence-corrected chi connectivity index (χ3v) is 14.0. The van der Waals surface area contributed by atoms with Crippen molar-refractivity contribution in [3.63, 3.8) is 0 Å². The molecule has 8 aromatic carbocycles. The molecular formula is C53H43ClN10O2. The summed E-state index contributed by atoms with van der Waals surface area (Å²) in [4.78, 5) is 7.21. The number of ether oxygens (including phenoxy) is 2. The Morgan fingerprint density at radius 2 is 1.02 bits per heavy atom. The van der Waals surface area contributed by atoms with E-state index in [1.54, 1.807) is 14.4 Å². The minimum absolute atomic E-state index is 0.0704. The molecule has 2 aliphatic rings. The Hall–Kier alpha value is -7.25. The minimum Gasteiger partial charge on any atom is -0.381 e. The largest absolute Gasteiger partial charge is 0.381 e. The summed E-state index contributed by atoms with van der Waals surface area (Å²) >= 11 is 7.37. The van der Waals surface area contributed by atoms with Crippen molar-refractivity contribution in [1.29, 1.82) is 0 Å². The Morgan fingerprint density at radius 3 is 1.67 bits per heavy atom. The van der Waals surface area contributed by atoms with Gasteiger partial charge in [0.1, 0.15) is 33.1 Å². The van der Waals surface area contributed by atoms with Crippen LogP contribution in [0.2, 0.25) is 5.02 Å². The zero-order valence-corrected chi connectivity index (χ0v) is 37.4. The lowest BCUT2D eigenvalue weighted by molar-refractivity contribution is 0.194. The van der Waals surface area contributed by atoms with Crippen molar-refractivity contribution in [3.05, 3.63) is 137 Å². The second-order valence-corrected chi connectivity index (χ2v) is 18.0. The molecule has 324 valence electrons. The molecule has 13 rings (SSSR count). The number of aromatic nitrogens is 9. The lowest BCUT2D eigenvalue weighted by atomic mass is 9.87. The van der Waals surface area contributed by atoms with Gasteiger partial charge in [-0.25, -0.2) is 0 Å². The van der Waals surface area contributed by atoms with Crippen molar-refractivity contribution < 1.29 is 9.47 Å². The second-order valence-electron chi connectivity index (χ2n) is 17.7. The third-order valence-electron chi connectivity index (χ3n) is 13.6. The number of nitrogens with zero attached hydrogens (tertiary/aromatic N) is 10. The molecule has 0 bridgehead atoms. The highest BCUT2D eigenvalue weighted by Gasteiger charge is 2.34.